The molecule has 0 saturated carbocycles. The molecule has 3 rings (SSSR count). The second kappa shape index (κ2) is 5.28. The molecule has 0 radical (unpaired) electrons. The molecule has 0 spiro atoms. The first-order chi connectivity index (χ1) is 9.99. The van der Waals surface area contributed by atoms with Gasteiger partial charge in [0.2, 0.25) is 0 Å². The molecule has 0 amide bonds. The molecule has 4 nitrogen and oxygen atoms in total. The van der Waals surface area contributed by atoms with Crippen molar-refractivity contribution in [2.45, 2.75) is 19.8 Å². The van der Waals surface area contributed by atoms with Crippen LogP contribution in [0.15, 0.2) is 33.2 Å². The Bertz CT molecular complexity index is 865. The molecule has 0 N–H and O–H groups in total. The van der Waals surface area contributed by atoms with E-state index in [9.17, 15) is 4.79 Å². The van der Waals surface area contributed by atoms with E-state index in [0.29, 0.717) is 39.1 Å². The summed E-state index contributed by atoms with van der Waals surface area (Å²) in [5, 5.41) is 1.92. The zero-order valence-corrected chi connectivity index (χ0v) is 13.2. The van der Waals surface area contributed by atoms with Crippen molar-refractivity contribution in [3.63, 3.8) is 0 Å². The highest BCUT2D eigenvalue weighted by atomic mass is 35.5. The maximum Gasteiger partial charge on any atom is 0.259 e. The van der Waals surface area contributed by atoms with Gasteiger partial charge in [-0.3, -0.25) is 9.36 Å². The van der Waals surface area contributed by atoms with E-state index < -0.39 is 0 Å². The van der Waals surface area contributed by atoms with Gasteiger partial charge in [-0.05, 0) is 25.8 Å². The van der Waals surface area contributed by atoms with Crippen LogP contribution in [0.5, 0.6) is 0 Å². The first-order valence-corrected chi connectivity index (χ1v) is 7.33. The summed E-state index contributed by atoms with van der Waals surface area (Å²) in [7, 11) is 1.69. The molecule has 2 aromatic heterocycles. The summed E-state index contributed by atoms with van der Waals surface area (Å²) < 4.78 is 1.51. The predicted octanol–water partition coefficient (Wildman–Crippen LogP) is 3.50. The third-order valence-corrected chi connectivity index (χ3v) is 4.26. The fourth-order valence-corrected chi connectivity index (χ4v) is 3.15. The second-order valence-corrected chi connectivity index (χ2v) is 5.85. The van der Waals surface area contributed by atoms with Gasteiger partial charge in [-0.15, -0.1) is 0 Å². The lowest BCUT2D eigenvalue weighted by Gasteiger charge is -2.16. The van der Waals surface area contributed by atoms with Crippen LogP contribution in [0, 0.1) is 6.92 Å². The number of aryl methyl sites for hydroxylation is 2. The number of hydrogen-bond acceptors (Lipinski definition) is 3. The molecule has 0 bridgehead atoms. The van der Waals surface area contributed by atoms with E-state index in [0.717, 1.165) is 11.8 Å². The number of hydrogen-bond donors (Lipinski definition) is 0. The van der Waals surface area contributed by atoms with Crippen molar-refractivity contribution in [3.05, 3.63) is 50.1 Å². The first-order valence-electron chi connectivity index (χ1n) is 6.57. The molecule has 1 aliphatic carbocycles. The van der Waals surface area contributed by atoms with E-state index in [1.54, 1.807) is 26.2 Å². The summed E-state index contributed by atoms with van der Waals surface area (Å²) in [6, 6.07) is 1.76. The Hall–Kier alpha value is -1.65. The number of nitrogens with zero attached hydrogens (tertiary/aromatic N) is 3. The highest BCUT2D eigenvalue weighted by Gasteiger charge is 2.20. The summed E-state index contributed by atoms with van der Waals surface area (Å²) in [4.78, 5) is 21.1. The maximum atomic E-state index is 12.6. The average molecular weight is 322 g/mol. The van der Waals surface area contributed by atoms with Gasteiger partial charge in [0.25, 0.3) is 5.56 Å². The molecule has 6 heteroatoms. The standard InChI is InChI=1S/C15H13Cl2N3O/c1-8-18-7-9-6-10(15(21)20(2)14(9)19-8)13-11(16)4-3-5-12(13)17/h4,6-7H,3,5H2,1-2H3. The van der Waals surface area contributed by atoms with Crippen LogP contribution in [0.1, 0.15) is 24.2 Å². The summed E-state index contributed by atoms with van der Waals surface area (Å²) in [5.41, 5.74) is 1.54. The Kier molecular flexibility index (Phi) is 3.59. The van der Waals surface area contributed by atoms with Crippen LogP contribution in [0.4, 0.5) is 0 Å². The molecule has 0 aliphatic heterocycles. The molecule has 1 aliphatic rings. The van der Waals surface area contributed by atoms with Crippen LogP contribution in [0.2, 0.25) is 0 Å². The van der Waals surface area contributed by atoms with Crippen LogP contribution >= 0.6 is 23.2 Å². The van der Waals surface area contributed by atoms with Crippen LogP contribution in [-0.2, 0) is 7.05 Å². The predicted molar refractivity (Wildman–Crippen MR) is 85.5 cm³/mol. The summed E-state index contributed by atoms with van der Waals surface area (Å²) in [6.45, 7) is 1.79. The van der Waals surface area contributed by atoms with Crippen molar-refractivity contribution >= 4 is 39.8 Å². The fourth-order valence-electron chi connectivity index (χ4n) is 2.47. The number of pyridine rings is 1. The van der Waals surface area contributed by atoms with Gasteiger partial charge in [-0.25, -0.2) is 9.97 Å². The normalized spacial score (nSPS) is 15.5. The van der Waals surface area contributed by atoms with Gasteiger partial charge in [0.05, 0.1) is 5.56 Å². The fraction of sp³-hybridized carbons (Fsp3) is 0.267. The molecule has 0 saturated heterocycles. The van der Waals surface area contributed by atoms with E-state index in [1.807, 2.05) is 6.08 Å². The van der Waals surface area contributed by atoms with Crippen molar-refractivity contribution in [1.82, 2.24) is 14.5 Å². The quantitative estimate of drug-likeness (QED) is 0.807. The van der Waals surface area contributed by atoms with Gasteiger partial charge in [0.1, 0.15) is 11.5 Å². The van der Waals surface area contributed by atoms with Crippen LogP contribution in [0.3, 0.4) is 0 Å². The highest BCUT2D eigenvalue weighted by molar-refractivity contribution is 6.42. The van der Waals surface area contributed by atoms with Crippen molar-refractivity contribution in [3.8, 4) is 0 Å². The zero-order valence-electron chi connectivity index (χ0n) is 11.7. The highest BCUT2D eigenvalue weighted by Crippen LogP contribution is 2.36. The molecule has 21 heavy (non-hydrogen) atoms. The third-order valence-electron chi connectivity index (χ3n) is 3.54. The van der Waals surface area contributed by atoms with Crippen LogP contribution < -0.4 is 5.56 Å². The molecule has 0 atom stereocenters. The molecule has 108 valence electrons. The lowest BCUT2D eigenvalue weighted by Crippen LogP contribution is -2.22. The van der Waals surface area contributed by atoms with Crippen molar-refractivity contribution in [2.75, 3.05) is 0 Å². The van der Waals surface area contributed by atoms with Gasteiger partial charge in [0.15, 0.2) is 0 Å². The number of aromatic nitrogens is 3. The lowest BCUT2D eigenvalue weighted by molar-refractivity contribution is 0.870. The zero-order chi connectivity index (χ0) is 15.1. The summed E-state index contributed by atoms with van der Waals surface area (Å²) in [6.07, 6.45) is 5.07. The molecular formula is C15H13Cl2N3O. The number of fused-ring (bicyclic) bond motifs is 1. The lowest BCUT2D eigenvalue weighted by atomic mass is 9.99. The molecule has 0 fully saturated rings. The van der Waals surface area contributed by atoms with E-state index in [1.165, 1.54) is 4.57 Å². The van der Waals surface area contributed by atoms with Gasteiger partial charge in [-0.2, -0.15) is 0 Å². The SMILES string of the molecule is Cc1ncc2cc(C3=C(Cl)CCC=C3Cl)c(=O)n(C)c2n1. The Labute approximate surface area is 131 Å². The van der Waals surface area contributed by atoms with E-state index in [4.69, 9.17) is 23.2 Å². The number of rotatable bonds is 1. The smallest absolute Gasteiger partial charge is 0.259 e. The molecule has 2 heterocycles. The Morgan fingerprint density at radius 1 is 1.33 bits per heavy atom. The van der Waals surface area contributed by atoms with E-state index >= 15 is 0 Å². The minimum absolute atomic E-state index is 0.165. The van der Waals surface area contributed by atoms with Crippen molar-refractivity contribution in [1.29, 1.82) is 0 Å². The van der Waals surface area contributed by atoms with Gasteiger partial charge in [0, 0.05) is 34.3 Å². The minimum atomic E-state index is -0.165. The van der Waals surface area contributed by atoms with Gasteiger partial charge in [-0.1, -0.05) is 29.3 Å². The van der Waals surface area contributed by atoms with E-state index in [-0.39, 0.29) is 5.56 Å². The van der Waals surface area contributed by atoms with Gasteiger partial charge >= 0.3 is 0 Å². The van der Waals surface area contributed by atoms with Crippen molar-refractivity contribution in [2.24, 2.45) is 7.05 Å². The Morgan fingerprint density at radius 3 is 2.81 bits per heavy atom. The average Bonchev–Trinajstić information content (AvgIpc) is 2.44. The Morgan fingerprint density at radius 2 is 2.10 bits per heavy atom. The van der Waals surface area contributed by atoms with Crippen LogP contribution in [0.25, 0.3) is 16.6 Å². The number of allylic oxidation sites excluding steroid dienone is 4. The van der Waals surface area contributed by atoms with Crippen molar-refractivity contribution < 1.29 is 0 Å². The van der Waals surface area contributed by atoms with Gasteiger partial charge < -0.3 is 0 Å². The van der Waals surface area contributed by atoms with Crippen LogP contribution in [-0.4, -0.2) is 14.5 Å². The first kappa shape index (κ1) is 14.3. The maximum absolute atomic E-state index is 12.6. The van der Waals surface area contributed by atoms with E-state index in [2.05, 4.69) is 9.97 Å². The monoisotopic (exact) mass is 321 g/mol. The summed E-state index contributed by atoms with van der Waals surface area (Å²) in [5.74, 6) is 0.623. The third kappa shape index (κ3) is 2.39. The Balaban J connectivity index is 2.35. The second-order valence-electron chi connectivity index (χ2n) is 4.99. The largest absolute Gasteiger partial charge is 0.295 e. The molecular weight excluding hydrogens is 309 g/mol. The minimum Gasteiger partial charge on any atom is -0.295 e. The number of halogens is 2. The summed E-state index contributed by atoms with van der Waals surface area (Å²) >= 11 is 12.5. The molecule has 0 unspecified atom stereocenters. The molecule has 0 aromatic carbocycles. The topological polar surface area (TPSA) is 47.8 Å². The molecule has 2 aromatic rings.